The molecular formula is C19H19ClF3N5OS. The number of aromatic nitrogens is 1. The van der Waals surface area contributed by atoms with E-state index in [1.165, 1.54) is 5.01 Å². The number of piperidine rings is 1. The van der Waals surface area contributed by atoms with Crippen LogP contribution in [-0.4, -0.2) is 29.1 Å². The third-order valence-electron chi connectivity index (χ3n) is 4.77. The van der Waals surface area contributed by atoms with Crippen LogP contribution in [-0.2, 0) is 11.0 Å². The number of alkyl halides is 3. The van der Waals surface area contributed by atoms with Gasteiger partial charge in [-0.2, -0.15) is 13.2 Å². The van der Waals surface area contributed by atoms with E-state index in [0.29, 0.717) is 31.6 Å². The number of halogens is 4. The van der Waals surface area contributed by atoms with Gasteiger partial charge in [0.15, 0.2) is 5.11 Å². The first-order chi connectivity index (χ1) is 14.2. The average Bonchev–Trinajstić information content (AvgIpc) is 2.71. The zero-order valence-electron chi connectivity index (χ0n) is 15.7. The first-order valence-electron chi connectivity index (χ1n) is 9.09. The van der Waals surface area contributed by atoms with Crippen LogP contribution in [0.15, 0.2) is 42.6 Å². The first-order valence-corrected chi connectivity index (χ1v) is 9.88. The van der Waals surface area contributed by atoms with Crippen molar-refractivity contribution in [2.45, 2.75) is 19.0 Å². The quantitative estimate of drug-likeness (QED) is 0.540. The Bertz CT molecular complexity index is 920. The smallest absolute Gasteiger partial charge is 0.374 e. The van der Waals surface area contributed by atoms with Crippen molar-refractivity contribution in [1.82, 2.24) is 10.4 Å². The molecule has 0 spiro atoms. The van der Waals surface area contributed by atoms with Crippen LogP contribution in [0.5, 0.6) is 0 Å². The lowest BCUT2D eigenvalue weighted by Crippen LogP contribution is -2.52. The summed E-state index contributed by atoms with van der Waals surface area (Å²) >= 11 is 11.1. The third kappa shape index (κ3) is 5.11. The zero-order valence-corrected chi connectivity index (χ0v) is 17.3. The van der Waals surface area contributed by atoms with Crippen molar-refractivity contribution in [2.75, 3.05) is 23.0 Å². The number of benzene rings is 1. The van der Waals surface area contributed by atoms with Gasteiger partial charge in [0.25, 0.3) is 0 Å². The van der Waals surface area contributed by atoms with Crippen molar-refractivity contribution in [3.05, 3.63) is 53.2 Å². The molecule has 1 aromatic heterocycles. The Morgan fingerprint density at radius 3 is 2.43 bits per heavy atom. The Morgan fingerprint density at radius 1 is 1.27 bits per heavy atom. The minimum absolute atomic E-state index is 0.00715. The molecule has 0 atom stereocenters. The van der Waals surface area contributed by atoms with Crippen LogP contribution in [0.25, 0.3) is 0 Å². The van der Waals surface area contributed by atoms with Gasteiger partial charge in [-0.05, 0) is 43.3 Å². The lowest BCUT2D eigenvalue weighted by molar-refractivity contribution is -0.137. The number of carbonyl (C=O) groups is 1. The Morgan fingerprint density at radius 2 is 1.90 bits per heavy atom. The molecule has 30 heavy (non-hydrogen) atoms. The molecule has 2 aromatic rings. The van der Waals surface area contributed by atoms with E-state index in [4.69, 9.17) is 29.6 Å². The second kappa shape index (κ2) is 9.05. The van der Waals surface area contributed by atoms with Gasteiger partial charge in [0.05, 0.1) is 16.3 Å². The lowest BCUT2D eigenvalue weighted by atomic mass is 9.96. The molecule has 3 N–H and O–H groups in total. The second-order valence-electron chi connectivity index (χ2n) is 6.77. The van der Waals surface area contributed by atoms with Crippen molar-refractivity contribution in [3.63, 3.8) is 0 Å². The van der Waals surface area contributed by atoms with Gasteiger partial charge in [-0.15, -0.1) is 0 Å². The molecule has 0 radical (unpaired) electrons. The third-order valence-corrected chi connectivity index (χ3v) is 5.23. The van der Waals surface area contributed by atoms with E-state index in [1.54, 1.807) is 29.2 Å². The highest BCUT2D eigenvalue weighted by atomic mass is 35.5. The number of thiocarbonyl (C=S) groups is 1. The Labute approximate surface area is 181 Å². The minimum atomic E-state index is -4.51. The van der Waals surface area contributed by atoms with Gasteiger partial charge in [0.1, 0.15) is 5.82 Å². The summed E-state index contributed by atoms with van der Waals surface area (Å²) in [7, 11) is 0. The number of hydrogen-bond acceptors (Lipinski definition) is 4. The van der Waals surface area contributed by atoms with E-state index in [0.717, 1.165) is 12.3 Å². The Kier molecular flexibility index (Phi) is 6.67. The molecule has 6 nitrogen and oxygen atoms in total. The number of para-hydroxylation sites is 1. The topological polar surface area (TPSA) is 74.5 Å². The molecular weight excluding hydrogens is 439 g/mol. The van der Waals surface area contributed by atoms with E-state index in [9.17, 15) is 18.0 Å². The molecule has 1 aliphatic heterocycles. The van der Waals surface area contributed by atoms with E-state index in [1.807, 2.05) is 6.07 Å². The van der Waals surface area contributed by atoms with Crippen LogP contribution in [0.4, 0.5) is 24.7 Å². The number of anilines is 2. The average molecular weight is 458 g/mol. The van der Waals surface area contributed by atoms with Gasteiger partial charge < -0.3 is 10.6 Å². The van der Waals surface area contributed by atoms with Crippen LogP contribution >= 0.6 is 23.8 Å². The highest BCUT2D eigenvalue weighted by Gasteiger charge is 2.33. The van der Waals surface area contributed by atoms with Gasteiger partial charge >= 0.3 is 6.18 Å². The van der Waals surface area contributed by atoms with E-state index in [-0.39, 0.29) is 27.8 Å². The van der Waals surface area contributed by atoms with E-state index < -0.39 is 11.7 Å². The first kappa shape index (κ1) is 22.1. The van der Waals surface area contributed by atoms with Crippen molar-refractivity contribution in [2.24, 2.45) is 11.7 Å². The molecule has 1 fully saturated rings. The van der Waals surface area contributed by atoms with E-state index >= 15 is 0 Å². The summed E-state index contributed by atoms with van der Waals surface area (Å²) in [6.07, 6.45) is -2.79. The van der Waals surface area contributed by atoms with Gasteiger partial charge in [-0.1, -0.05) is 29.8 Å². The van der Waals surface area contributed by atoms with Gasteiger partial charge in [0.2, 0.25) is 5.91 Å². The number of nitrogens with one attached hydrogen (secondary N) is 1. The summed E-state index contributed by atoms with van der Waals surface area (Å²) in [5.74, 6) is -0.273. The van der Waals surface area contributed by atoms with Crippen molar-refractivity contribution >= 4 is 46.3 Å². The number of hydrogen-bond donors (Lipinski definition) is 2. The molecule has 1 aromatic carbocycles. The predicted octanol–water partition coefficient (Wildman–Crippen LogP) is 3.75. The van der Waals surface area contributed by atoms with Crippen molar-refractivity contribution in [1.29, 1.82) is 0 Å². The van der Waals surface area contributed by atoms with E-state index in [2.05, 4.69) is 10.4 Å². The molecule has 0 saturated carbocycles. The molecule has 160 valence electrons. The fourth-order valence-corrected chi connectivity index (χ4v) is 3.63. The largest absolute Gasteiger partial charge is 0.417 e. The van der Waals surface area contributed by atoms with Crippen LogP contribution in [0.3, 0.4) is 0 Å². The normalized spacial score (nSPS) is 15.0. The summed E-state index contributed by atoms with van der Waals surface area (Å²) in [5.41, 5.74) is 8.21. The number of carbonyl (C=O) groups excluding carboxylic acids is 1. The van der Waals surface area contributed by atoms with Crippen LogP contribution in [0, 0.1) is 5.92 Å². The molecule has 11 heteroatoms. The number of nitrogens with zero attached hydrogens (tertiary/aromatic N) is 3. The fraction of sp³-hybridized carbons (Fsp3) is 0.316. The van der Waals surface area contributed by atoms with Crippen LogP contribution in [0.2, 0.25) is 5.02 Å². The maximum atomic E-state index is 12.8. The molecule has 1 amide bonds. The molecule has 0 aliphatic carbocycles. The number of rotatable bonds is 3. The number of pyridine rings is 1. The zero-order chi connectivity index (χ0) is 21.9. The molecule has 2 heterocycles. The second-order valence-corrected chi connectivity index (χ2v) is 7.60. The molecule has 0 unspecified atom stereocenters. The Balaban J connectivity index is 1.62. The summed E-state index contributed by atoms with van der Waals surface area (Å²) in [6.45, 7) is 0.850. The van der Waals surface area contributed by atoms with Crippen LogP contribution < -0.4 is 21.1 Å². The number of hydrazine groups is 1. The van der Waals surface area contributed by atoms with Gasteiger partial charge in [0, 0.05) is 25.2 Å². The predicted molar refractivity (Wildman–Crippen MR) is 113 cm³/mol. The molecule has 0 bridgehead atoms. The highest BCUT2D eigenvalue weighted by molar-refractivity contribution is 7.80. The lowest BCUT2D eigenvalue weighted by Gasteiger charge is -2.34. The monoisotopic (exact) mass is 457 g/mol. The number of nitrogens with two attached hydrogens (primary N) is 1. The molecule has 3 rings (SSSR count). The fourth-order valence-electron chi connectivity index (χ4n) is 3.20. The standard InChI is InChI=1S/C19H19ClF3N5OS/c20-15-10-13(19(21,22)23)11-25-16(15)27-8-6-12(7-9-27)17(29)26-28(18(24)30)14-4-2-1-3-5-14/h1-5,10-12H,6-9H2,(H2,24,30)(H,26,29). The van der Waals surface area contributed by atoms with Crippen molar-refractivity contribution in [3.8, 4) is 0 Å². The molecule has 1 aliphatic rings. The van der Waals surface area contributed by atoms with Crippen LogP contribution in [0.1, 0.15) is 18.4 Å². The number of amides is 1. The maximum absolute atomic E-state index is 12.8. The summed E-state index contributed by atoms with van der Waals surface area (Å²) in [4.78, 5) is 18.4. The van der Waals surface area contributed by atoms with Gasteiger partial charge in [-0.25, -0.2) is 9.99 Å². The highest BCUT2D eigenvalue weighted by Crippen LogP contribution is 2.34. The molecule has 1 saturated heterocycles. The van der Waals surface area contributed by atoms with Gasteiger partial charge in [-0.3, -0.25) is 10.2 Å². The van der Waals surface area contributed by atoms with Crippen molar-refractivity contribution < 1.29 is 18.0 Å². The SMILES string of the molecule is NC(=S)N(NC(=O)C1CCN(c2ncc(C(F)(F)F)cc2Cl)CC1)c1ccccc1. The summed E-state index contributed by atoms with van der Waals surface area (Å²) in [5, 5.41) is 1.28. The summed E-state index contributed by atoms with van der Waals surface area (Å²) < 4.78 is 38.4. The Hall–Kier alpha value is -2.59. The summed E-state index contributed by atoms with van der Waals surface area (Å²) in [6, 6.07) is 9.82. The maximum Gasteiger partial charge on any atom is 0.417 e. The minimum Gasteiger partial charge on any atom is -0.374 e.